The molecule has 5 heteroatoms. The molecule has 142 valence electrons. The molecule has 1 aliphatic rings. The van der Waals surface area contributed by atoms with E-state index in [1.165, 1.54) is 5.56 Å². The van der Waals surface area contributed by atoms with E-state index >= 15 is 0 Å². The Hall–Kier alpha value is -2.82. The molecule has 1 N–H and O–H groups in total. The second-order valence-corrected chi connectivity index (χ2v) is 6.84. The van der Waals surface area contributed by atoms with E-state index in [0.717, 1.165) is 30.7 Å². The molecule has 0 spiro atoms. The predicted octanol–water partition coefficient (Wildman–Crippen LogP) is 3.19. The molecule has 0 bridgehead atoms. The van der Waals surface area contributed by atoms with Crippen molar-refractivity contribution in [2.75, 3.05) is 25.1 Å². The summed E-state index contributed by atoms with van der Waals surface area (Å²) in [5, 5.41) is 2.98. The molecule has 1 fully saturated rings. The Labute approximate surface area is 160 Å². The van der Waals surface area contributed by atoms with Gasteiger partial charge in [-0.25, -0.2) is 0 Å². The van der Waals surface area contributed by atoms with Crippen molar-refractivity contribution >= 4 is 17.5 Å². The molecule has 5 nitrogen and oxygen atoms in total. The number of aryl methyl sites for hydroxylation is 1. The summed E-state index contributed by atoms with van der Waals surface area (Å²) in [6.45, 7) is 1.10. The number of carbonyl (C=O) groups excluding carboxylic acids is 2. The van der Waals surface area contributed by atoms with E-state index in [0.29, 0.717) is 13.1 Å². The molecule has 1 atom stereocenters. The molecule has 1 unspecified atom stereocenters. The van der Waals surface area contributed by atoms with Crippen LogP contribution < -0.4 is 15.0 Å². The number of hydrogen-bond donors (Lipinski definition) is 1. The van der Waals surface area contributed by atoms with E-state index in [1.807, 2.05) is 42.5 Å². The summed E-state index contributed by atoms with van der Waals surface area (Å²) >= 11 is 0. The first-order valence-corrected chi connectivity index (χ1v) is 9.43. The van der Waals surface area contributed by atoms with Gasteiger partial charge in [-0.2, -0.15) is 0 Å². The van der Waals surface area contributed by atoms with Gasteiger partial charge in [0.05, 0.1) is 13.0 Å². The second-order valence-electron chi connectivity index (χ2n) is 6.84. The highest BCUT2D eigenvalue weighted by Crippen LogP contribution is 2.24. The maximum absolute atomic E-state index is 12.4. The van der Waals surface area contributed by atoms with Crippen LogP contribution in [0.25, 0.3) is 0 Å². The first-order valence-electron chi connectivity index (χ1n) is 9.43. The summed E-state index contributed by atoms with van der Waals surface area (Å²) in [4.78, 5) is 26.3. The number of hydrogen-bond acceptors (Lipinski definition) is 3. The Morgan fingerprint density at radius 1 is 1.11 bits per heavy atom. The number of rotatable bonds is 8. The molecular formula is C22H26N2O3. The number of carbonyl (C=O) groups is 2. The normalized spacial score (nSPS) is 16.4. The Bertz CT molecular complexity index is 759. The number of nitrogens with zero attached hydrogens (tertiary/aromatic N) is 1. The fourth-order valence-corrected chi connectivity index (χ4v) is 3.34. The quantitative estimate of drug-likeness (QED) is 0.730. The van der Waals surface area contributed by atoms with Gasteiger partial charge in [0.1, 0.15) is 5.75 Å². The predicted molar refractivity (Wildman–Crippen MR) is 106 cm³/mol. The lowest BCUT2D eigenvalue weighted by Gasteiger charge is -2.16. The third-order valence-electron chi connectivity index (χ3n) is 4.91. The molecule has 2 aromatic carbocycles. The van der Waals surface area contributed by atoms with Gasteiger partial charge in [0, 0.05) is 25.2 Å². The molecular weight excluding hydrogens is 340 g/mol. The summed E-state index contributed by atoms with van der Waals surface area (Å²) < 4.78 is 5.16. The summed E-state index contributed by atoms with van der Waals surface area (Å²) in [6.07, 6.45) is 3.18. The summed E-state index contributed by atoms with van der Waals surface area (Å²) in [7, 11) is 1.66. The van der Waals surface area contributed by atoms with Gasteiger partial charge in [0.15, 0.2) is 0 Å². The van der Waals surface area contributed by atoms with E-state index < -0.39 is 0 Å². The molecule has 1 aliphatic heterocycles. The number of para-hydroxylation sites is 1. The highest BCUT2D eigenvalue weighted by atomic mass is 16.5. The summed E-state index contributed by atoms with van der Waals surface area (Å²) in [5.41, 5.74) is 2.12. The van der Waals surface area contributed by atoms with Crippen molar-refractivity contribution in [3.8, 4) is 5.75 Å². The van der Waals surface area contributed by atoms with Crippen molar-refractivity contribution in [1.29, 1.82) is 0 Å². The van der Waals surface area contributed by atoms with Crippen LogP contribution >= 0.6 is 0 Å². The lowest BCUT2D eigenvalue weighted by atomic mass is 10.1. The fraction of sp³-hybridized carbons (Fsp3) is 0.364. The van der Waals surface area contributed by atoms with Crippen LogP contribution in [0.5, 0.6) is 5.75 Å². The molecule has 0 aliphatic carbocycles. The zero-order chi connectivity index (χ0) is 19.1. The molecule has 0 saturated carbocycles. The second kappa shape index (κ2) is 9.21. The lowest BCUT2D eigenvalue weighted by Crippen LogP contribution is -2.33. The molecule has 1 heterocycles. The minimum atomic E-state index is -0.265. The molecule has 0 radical (unpaired) electrons. The Balaban J connectivity index is 1.37. The minimum absolute atomic E-state index is 0.0147. The molecule has 1 saturated heterocycles. The van der Waals surface area contributed by atoms with Crippen LogP contribution in [0.1, 0.15) is 24.8 Å². The van der Waals surface area contributed by atoms with E-state index in [4.69, 9.17) is 4.74 Å². The Morgan fingerprint density at radius 2 is 1.85 bits per heavy atom. The SMILES string of the molecule is COc1ccc(CCCCNC(=O)C2CC(=O)N(c3ccccc3)C2)cc1. The number of nitrogens with one attached hydrogen (secondary N) is 1. The van der Waals surface area contributed by atoms with Gasteiger partial charge < -0.3 is 15.0 Å². The van der Waals surface area contributed by atoms with Gasteiger partial charge in [-0.15, -0.1) is 0 Å². The van der Waals surface area contributed by atoms with Crippen molar-refractivity contribution in [3.63, 3.8) is 0 Å². The van der Waals surface area contributed by atoms with Crippen LogP contribution in [0.4, 0.5) is 5.69 Å². The minimum Gasteiger partial charge on any atom is -0.497 e. The molecule has 27 heavy (non-hydrogen) atoms. The lowest BCUT2D eigenvalue weighted by molar-refractivity contribution is -0.126. The highest BCUT2D eigenvalue weighted by Gasteiger charge is 2.34. The summed E-state index contributed by atoms with van der Waals surface area (Å²) in [5.74, 6) is 0.591. The third kappa shape index (κ3) is 5.09. The van der Waals surface area contributed by atoms with Crippen molar-refractivity contribution in [3.05, 3.63) is 60.2 Å². The Morgan fingerprint density at radius 3 is 2.56 bits per heavy atom. The monoisotopic (exact) mass is 366 g/mol. The average Bonchev–Trinajstić information content (AvgIpc) is 3.10. The first-order chi connectivity index (χ1) is 13.2. The van der Waals surface area contributed by atoms with Crippen molar-refractivity contribution in [1.82, 2.24) is 5.32 Å². The number of methoxy groups -OCH3 is 1. The third-order valence-corrected chi connectivity index (χ3v) is 4.91. The van der Waals surface area contributed by atoms with Crippen molar-refractivity contribution in [2.24, 2.45) is 5.92 Å². The maximum atomic E-state index is 12.4. The number of unbranched alkanes of at least 4 members (excludes halogenated alkanes) is 1. The van der Waals surface area contributed by atoms with Crippen molar-refractivity contribution < 1.29 is 14.3 Å². The van der Waals surface area contributed by atoms with Gasteiger partial charge >= 0.3 is 0 Å². The van der Waals surface area contributed by atoms with E-state index in [1.54, 1.807) is 12.0 Å². The van der Waals surface area contributed by atoms with Gasteiger partial charge in [-0.05, 0) is 49.1 Å². The number of ether oxygens (including phenoxy) is 1. The fourth-order valence-electron chi connectivity index (χ4n) is 3.34. The van der Waals surface area contributed by atoms with Crippen LogP contribution in [0.3, 0.4) is 0 Å². The zero-order valence-electron chi connectivity index (χ0n) is 15.7. The highest BCUT2D eigenvalue weighted by molar-refractivity contribution is 6.00. The molecule has 0 aromatic heterocycles. The summed E-state index contributed by atoms with van der Waals surface area (Å²) in [6, 6.07) is 17.6. The van der Waals surface area contributed by atoms with Crippen LogP contribution in [0.2, 0.25) is 0 Å². The van der Waals surface area contributed by atoms with Gasteiger partial charge in [0.25, 0.3) is 0 Å². The van der Waals surface area contributed by atoms with E-state index in [-0.39, 0.29) is 24.2 Å². The topological polar surface area (TPSA) is 58.6 Å². The van der Waals surface area contributed by atoms with Gasteiger partial charge in [-0.3, -0.25) is 9.59 Å². The number of benzene rings is 2. The molecule has 3 rings (SSSR count). The zero-order valence-corrected chi connectivity index (χ0v) is 15.7. The van der Waals surface area contributed by atoms with Gasteiger partial charge in [0.2, 0.25) is 11.8 Å². The number of amides is 2. The Kier molecular flexibility index (Phi) is 6.47. The van der Waals surface area contributed by atoms with Gasteiger partial charge in [-0.1, -0.05) is 30.3 Å². The van der Waals surface area contributed by atoms with Crippen LogP contribution in [0, 0.1) is 5.92 Å². The smallest absolute Gasteiger partial charge is 0.227 e. The van der Waals surface area contributed by atoms with Crippen LogP contribution in [0.15, 0.2) is 54.6 Å². The van der Waals surface area contributed by atoms with Crippen molar-refractivity contribution in [2.45, 2.75) is 25.7 Å². The van der Waals surface area contributed by atoms with Crippen LogP contribution in [-0.4, -0.2) is 32.0 Å². The maximum Gasteiger partial charge on any atom is 0.227 e. The standard InChI is InChI=1S/C22H26N2O3/c1-27-20-12-10-17(11-13-20)7-5-6-14-23-22(26)18-15-21(25)24(16-18)19-8-3-2-4-9-19/h2-4,8-13,18H,5-7,14-16H2,1H3,(H,23,26). The molecule has 2 aromatic rings. The number of anilines is 1. The largest absolute Gasteiger partial charge is 0.497 e. The average molecular weight is 366 g/mol. The van der Waals surface area contributed by atoms with E-state index in [2.05, 4.69) is 17.4 Å². The van der Waals surface area contributed by atoms with E-state index in [9.17, 15) is 9.59 Å². The first kappa shape index (κ1) is 19.0. The molecule has 2 amide bonds. The van der Waals surface area contributed by atoms with Crippen LogP contribution in [-0.2, 0) is 16.0 Å².